The standard InChI is InChI=1S/C29H39NO3Si/c1-8-10-21-29(33-34(6,7)28(3,4)5)30(25(9-2)22-23-17-13-11-14-18-23)27(31)26(32-29)24-19-15-12-16-20-24/h8-9,11-20,25-26H,1-2,10,21-22H2,3-7H3/t25-,26+,29?/m1/s1. The van der Waals surface area contributed by atoms with Gasteiger partial charge in [-0.05, 0) is 42.1 Å². The summed E-state index contributed by atoms with van der Waals surface area (Å²) >= 11 is 0. The Balaban J connectivity index is 2.12. The van der Waals surface area contributed by atoms with E-state index in [0.29, 0.717) is 19.3 Å². The van der Waals surface area contributed by atoms with Gasteiger partial charge in [0.15, 0.2) is 14.4 Å². The first-order valence-electron chi connectivity index (χ1n) is 12.1. The van der Waals surface area contributed by atoms with Crippen LogP contribution in [0.15, 0.2) is 86.0 Å². The van der Waals surface area contributed by atoms with Gasteiger partial charge in [0.1, 0.15) is 0 Å². The molecule has 0 spiro atoms. The molecule has 1 aliphatic heterocycles. The molecular weight excluding hydrogens is 438 g/mol. The summed E-state index contributed by atoms with van der Waals surface area (Å²) in [5.74, 6) is -1.28. The number of carbonyl (C=O) groups is 1. The molecular formula is C29H39NO3Si. The summed E-state index contributed by atoms with van der Waals surface area (Å²) in [7, 11) is -2.33. The van der Waals surface area contributed by atoms with Crippen molar-refractivity contribution in [2.24, 2.45) is 0 Å². The number of nitrogens with zero attached hydrogens (tertiary/aromatic N) is 1. The van der Waals surface area contributed by atoms with Gasteiger partial charge in [-0.2, -0.15) is 0 Å². The molecule has 0 radical (unpaired) electrons. The second-order valence-corrected chi connectivity index (χ2v) is 15.2. The van der Waals surface area contributed by atoms with Gasteiger partial charge < -0.3 is 9.16 Å². The maximum Gasteiger partial charge on any atom is 0.261 e. The van der Waals surface area contributed by atoms with Crippen LogP contribution >= 0.6 is 0 Å². The fraction of sp³-hybridized carbons (Fsp3) is 0.414. The quantitative estimate of drug-likeness (QED) is 0.272. The highest BCUT2D eigenvalue weighted by Gasteiger charge is 2.58. The number of carbonyl (C=O) groups excluding carboxylic acids is 1. The molecule has 1 amide bonds. The van der Waals surface area contributed by atoms with Crippen LogP contribution in [0.5, 0.6) is 0 Å². The Kier molecular flexibility index (Phi) is 8.01. The highest BCUT2D eigenvalue weighted by molar-refractivity contribution is 6.74. The molecule has 1 heterocycles. The number of rotatable bonds is 10. The summed E-state index contributed by atoms with van der Waals surface area (Å²) in [5.41, 5.74) is 1.97. The molecule has 1 saturated heterocycles. The average Bonchev–Trinajstić information content (AvgIpc) is 3.08. The summed E-state index contributed by atoms with van der Waals surface area (Å²) < 4.78 is 13.7. The Labute approximate surface area is 206 Å². The lowest BCUT2D eigenvalue weighted by atomic mass is 10.0. The molecule has 0 aliphatic carbocycles. The van der Waals surface area contributed by atoms with Crippen molar-refractivity contribution < 1.29 is 14.0 Å². The van der Waals surface area contributed by atoms with E-state index in [-0.39, 0.29) is 17.0 Å². The van der Waals surface area contributed by atoms with Crippen molar-refractivity contribution in [3.63, 3.8) is 0 Å². The van der Waals surface area contributed by atoms with Crippen LogP contribution in [-0.4, -0.2) is 31.1 Å². The lowest BCUT2D eigenvalue weighted by Gasteiger charge is -2.48. The maximum absolute atomic E-state index is 14.1. The minimum absolute atomic E-state index is 0.0554. The van der Waals surface area contributed by atoms with E-state index in [4.69, 9.17) is 9.16 Å². The molecule has 0 aromatic heterocycles. The van der Waals surface area contributed by atoms with E-state index in [0.717, 1.165) is 11.1 Å². The van der Waals surface area contributed by atoms with Crippen molar-refractivity contribution in [2.45, 2.75) is 76.2 Å². The Hall–Kier alpha value is -2.47. The van der Waals surface area contributed by atoms with Crippen LogP contribution in [0.2, 0.25) is 18.1 Å². The molecule has 5 heteroatoms. The smallest absolute Gasteiger partial charge is 0.261 e. The van der Waals surface area contributed by atoms with Crippen LogP contribution in [-0.2, 0) is 20.4 Å². The zero-order chi connectivity index (χ0) is 25.0. The molecule has 1 fully saturated rings. The molecule has 0 N–H and O–H groups in total. The van der Waals surface area contributed by atoms with Gasteiger partial charge in [0, 0.05) is 6.42 Å². The molecule has 2 aromatic rings. The van der Waals surface area contributed by atoms with E-state index >= 15 is 0 Å². The van der Waals surface area contributed by atoms with Gasteiger partial charge in [-0.1, -0.05) is 93.6 Å². The van der Waals surface area contributed by atoms with Crippen molar-refractivity contribution in [3.05, 3.63) is 97.1 Å². The molecule has 2 aromatic carbocycles. The van der Waals surface area contributed by atoms with Crippen LogP contribution in [0.25, 0.3) is 0 Å². The Morgan fingerprint density at radius 3 is 2.21 bits per heavy atom. The third-order valence-corrected chi connectivity index (χ3v) is 11.5. The largest absolute Gasteiger partial charge is 0.374 e. The summed E-state index contributed by atoms with van der Waals surface area (Å²) in [5, 5.41) is -0.0554. The first-order chi connectivity index (χ1) is 16.0. The molecule has 0 saturated carbocycles. The number of ether oxygens (including phenoxy) is 1. The van der Waals surface area contributed by atoms with Crippen molar-refractivity contribution in [1.82, 2.24) is 4.90 Å². The first kappa shape index (κ1) is 26.1. The highest BCUT2D eigenvalue weighted by Crippen LogP contribution is 2.48. The van der Waals surface area contributed by atoms with E-state index in [1.54, 1.807) is 0 Å². The van der Waals surface area contributed by atoms with E-state index in [9.17, 15) is 4.79 Å². The van der Waals surface area contributed by atoms with Crippen LogP contribution in [0.3, 0.4) is 0 Å². The summed E-state index contributed by atoms with van der Waals surface area (Å²) in [6.07, 6.45) is 4.79. The van der Waals surface area contributed by atoms with Gasteiger partial charge in [0.2, 0.25) is 5.91 Å². The number of allylic oxidation sites excluding steroid dienone is 1. The number of hydrogen-bond donors (Lipinski definition) is 0. The molecule has 4 nitrogen and oxygen atoms in total. The number of amides is 1. The maximum atomic E-state index is 14.1. The molecule has 0 bridgehead atoms. The first-order valence-corrected chi connectivity index (χ1v) is 15.0. The molecule has 1 aliphatic rings. The third-order valence-electron chi connectivity index (χ3n) is 7.01. The lowest BCUT2D eigenvalue weighted by molar-refractivity contribution is -0.253. The Bertz CT molecular complexity index is 983. The van der Waals surface area contributed by atoms with Gasteiger partial charge in [-0.3, -0.25) is 9.69 Å². The molecule has 182 valence electrons. The van der Waals surface area contributed by atoms with Crippen molar-refractivity contribution >= 4 is 14.2 Å². The molecule has 3 atom stereocenters. The highest BCUT2D eigenvalue weighted by atomic mass is 28.4. The third kappa shape index (κ3) is 5.43. The van der Waals surface area contributed by atoms with Crippen LogP contribution < -0.4 is 0 Å². The number of hydrogen-bond acceptors (Lipinski definition) is 3. The van der Waals surface area contributed by atoms with Gasteiger partial charge >= 0.3 is 0 Å². The zero-order valence-electron chi connectivity index (χ0n) is 21.3. The predicted octanol–water partition coefficient (Wildman–Crippen LogP) is 7.03. The normalized spacial score (nSPS) is 22.0. The van der Waals surface area contributed by atoms with Gasteiger partial charge in [-0.25, -0.2) is 0 Å². The van der Waals surface area contributed by atoms with Crippen molar-refractivity contribution in [3.8, 4) is 0 Å². The SMILES string of the molecule is C=CCCC1(O[Si](C)(C)C(C)(C)C)O[C@@H](c2ccccc2)C(=O)N1[C@H](C=C)Cc1ccccc1. The van der Waals surface area contributed by atoms with Crippen molar-refractivity contribution in [2.75, 3.05) is 0 Å². The van der Waals surface area contributed by atoms with Gasteiger partial charge in [0.05, 0.1) is 6.04 Å². The second kappa shape index (κ2) is 10.4. The number of benzene rings is 2. The van der Waals surface area contributed by atoms with Crippen LogP contribution in [0.4, 0.5) is 0 Å². The summed E-state index contributed by atoms with van der Waals surface area (Å²) in [4.78, 5) is 15.9. The Morgan fingerprint density at radius 2 is 1.68 bits per heavy atom. The minimum Gasteiger partial charge on any atom is -0.374 e. The van der Waals surface area contributed by atoms with E-state index in [1.807, 2.05) is 65.6 Å². The van der Waals surface area contributed by atoms with Crippen LogP contribution in [0.1, 0.15) is 50.8 Å². The topological polar surface area (TPSA) is 38.8 Å². The molecule has 34 heavy (non-hydrogen) atoms. The predicted molar refractivity (Wildman–Crippen MR) is 142 cm³/mol. The summed E-state index contributed by atoms with van der Waals surface area (Å²) in [6, 6.07) is 19.6. The van der Waals surface area contributed by atoms with E-state index < -0.39 is 20.3 Å². The zero-order valence-corrected chi connectivity index (χ0v) is 22.3. The molecule has 1 unspecified atom stereocenters. The fourth-order valence-electron chi connectivity index (χ4n) is 4.12. The van der Waals surface area contributed by atoms with E-state index in [2.05, 4.69) is 59.2 Å². The van der Waals surface area contributed by atoms with E-state index in [1.165, 1.54) is 0 Å². The monoisotopic (exact) mass is 477 g/mol. The Morgan fingerprint density at radius 1 is 1.09 bits per heavy atom. The fourth-order valence-corrected chi connectivity index (χ4v) is 5.47. The van der Waals surface area contributed by atoms with Crippen molar-refractivity contribution in [1.29, 1.82) is 0 Å². The lowest BCUT2D eigenvalue weighted by Crippen LogP contribution is -2.60. The summed E-state index contributed by atoms with van der Waals surface area (Å²) in [6.45, 7) is 19.0. The van der Waals surface area contributed by atoms with Gasteiger partial charge in [-0.15, -0.1) is 13.2 Å². The molecule has 3 rings (SSSR count). The average molecular weight is 478 g/mol. The minimum atomic E-state index is -2.33. The van der Waals surface area contributed by atoms with Gasteiger partial charge in [0.25, 0.3) is 5.91 Å². The second-order valence-electron chi connectivity index (χ2n) is 10.5. The van der Waals surface area contributed by atoms with Crippen LogP contribution in [0, 0.1) is 0 Å².